The second-order valence-electron chi connectivity index (χ2n) is 3.83. The highest BCUT2D eigenvalue weighted by molar-refractivity contribution is 6.61. The first kappa shape index (κ1) is 10.2. The van der Waals surface area contributed by atoms with Crippen molar-refractivity contribution in [3.05, 3.63) is 47.5 Å². The fourth-order valence-corrected chi connectivity index (χ4v) is 2.32. The molecule has 2 aromatic rings. The van der Waals surface area contributed by atoms with Gasteiger partial charge in [0, 0.05) is 16.5 Å². The topological polar surface area (TPSA) is 72.3 Å². The molecule has 18 heavy (non-hydrogen) atoms. The Labute approximate surface area is 103 Å². The molecule has 1 aliphatic rings. The maximum Gasteiger partial charge on any atom is 0.206 e. The van der Waals surface area contributed by atoms with Gasteiger partial charge in [0.1, 0.15) is 11.4 Å². The van der Waals surface area contributed by atoms with Gasteiger partial charge >= 0.3 is 0 Å². The summed E-state index contributed by atoms with van der Waals surface area (Å²) in [6, 6.07) is 11.6. The van der Waals surface area contributed by atoms with Gasteiger partial charge in [-0.1, -0.05) is 36.4 Å². The highest BCUT2D eigenvalue weighted by Gasteiger charge is 2.26. The summed E-state index contributed by atoms with van der Waals surface area (Å²) in [5.74, 6) is 0. The van der Waals surface area contributed by atoms with Crippen LogP contribution in [0.5, 0.6) is 0 Å². The van der Waals surface area contributed by atoms with Gasteiger partial charge in [0.05, 0.1) is 0 Å². The van der Waals surface area contributed by atoms with Crippen molar-refractivity contribution in [3.63, 3.8) is 0 Å². The van der Waals surface area contributed by atoms with Crippen molar-refractivity contribution in [2.45, 2.75) is 0 Å². The molecule has 0 amide bonds. The van der Waals surface area contributed by atoms with E-state index < -0.39 is 0 Å². The zero-order valence-electron chi connectivity index (χ0n) is 9.25. The van der Waals surface area contributed by atoms with Crippen LogP contribution in [0.4, 0.5) is 0 Å². The van der Waals surface area contributed by atoms with E-state index in [0.717, 1.165) is 21.9 Å². The number of nitriles is 2. The van der Waals surface area contributed by atoms with Crippen LogP contribution in [0.25, 0.3) is 10.8 Å². The molecule has 0 spiro atoms. The molecule has 4 nitrogen and oxygen atoms in total. The van der Waals surface area contributed by atoms with E-state index in [9.17, 15) is 0 Å². The minimum absolute atomic E-state index is 0.478. The second-order valence-corrected chi connectivity index (χ2v) is 3.83. The lowest BCUT2D eigenvalue weighted by atomic mass is 10.1. The Morgan fingerprint density at radius 3 is 1.72 bits per heavy atom. The van der Waals surface area contributed by atoms with E-state index in [1.807, 2.05) is 36.4 Å². The van der Waals surface area contributed by atoms with Crippen LogP contribution in [0.3, 0.4) is 0 Å². The number of aliphatic imine (C=N–C) groups is 2. The third kappa shape index (κ3) is 1.24. The van der Waals surface area contributed by atoms with Crippen molar-refractivity contribution in [1.82, 2.24) is 0 Å². The lowest BCUT2D eigenvalue weighted by Gasteiger charge is -1.98. The molecule has 0 saturated carbocycles. The van der Waals surface area contributed by atoms with E-state index in [2.05, 4.69) is 9.98 Å². The van der Waals surface area contributed by atoms with Gasteiger partial charge in [0.2, 0.25) is 12.4 Å². The van der Waals surface area contributed by atoms with Crippen molar-refractivity contribution in [1.29, 1.82) is 10.5 Å². The lowest BCUT2D eigenvalue weighted by molar-refractivity contribution is 1.43. The van der Waals surface area contributed by atoms with E-state index in [1.54, 1.807) is 12.4 Å². The summed E-state index contributed by atoms with van der Waals surface area (Å²) in [6.45, 7) is 0. The number of benzene rings is 2. The molecule has 0 saturated heterocycles. The molecule has 0 unspecified atom stereocenters. The van der Waals surface area contributed by atoms with E-state index >= 15 is 0 Å². The largest absolute Gasteiger partial charge is 0.206 e. The quantitative estimate of drug-likeness (QED) is 0.652. The van der Waals surface area contributed by atoms with E-state index in [-0.39, 0.29) is 0 Å². The number of hydrogen-bond acceptors (Lipinski definition) is 4. The van der Waals surface area contributed by atoms with Crippen LogP contribution in [-0.4, -0.2) is 11.4 Å². The summed E-state index contributed by atoms with van der Waals surface area (Å²) < 4.78 is 0. The Bertz CT molecular complexity index is 736. The maximum absolute atomic E-state index is 8.77. The first-order valence-corrected chi connectivity index (χ1v) is 5.33. The third-order valence-corrected chi connectivity index (χ3v) is 2.96. The molecule has 2 aromatic carbocycles. The molecule has 3 rings (SSSR count). The highest BCUT2D eigenvalue weighted by Crippen LogP contribution is 2.31. The Kier molecular flexibility index (Phi) is 2.15. The SMILES string of the molecule is N#CN=C1C(=NC#N)c2cccc3cccc1c23. The van der Waals surface area contributed by atoms with Crippen molar-refractivity contribution in [2.24, 2.45) is 9.98 Å². The van der Waals surface area contributed by atoms with Crippen LogP contribution in [-0.2, 0) is 0 Å². The molecular formula is C14H6N4. The van der Waals surface area contributed by atoms with Gasteiger partial charge < -0.3 is 0 Å². The molecule has 82 valence electrons. The number of nitrogens with zero attached hydrogens (tertiary/aromatic N) is 4. The molecule has 4 heteroatoms. The van der Waals surface area contributed by atoms with Crippen LogP contribution in [0.1, 0.15) is 11.1 Å². The van der Waals surface area contributed by atoms with Gasteiger partial charge in [-0.15, -0.1) is 0 Å². The highest BCUT2D eigenvalue weighted by atomic mass is 14.8. The van der Waals surface area contributed by atoms with Gasteiger partial charge in [0.15, 0.2) is 0 Å². The molecule has 0 fully saturated rings. The summed E-state index contributed by atoms with van der Waals surface area (Å²) in [5, 5.41) is 19.6. The fraction of sp³-hybridized carbons (Fsp3) is 0. The standard InChI is InChI=1S/C14H6N4/c15-7-17-13-10-5-1-3-9-4-2-6-11(12(9)10)14(13)18-8-16/h1-6H. The fourth-order valence-electron chi connectivity index (χ4n) is 2.32. The van der Waals surface area contributed by atoms with Gasteiger partial charge in [-0.3, -0.25) is 0 Å². The van der Waals surface area contributed by atoms with Crippen LogP contribution >= 0.6 is 0 Å². The predicted molar refractivity (Wildman–Crippen MR) is 68.2 cm³/mol. The Balaban J connectivity index is 2.49. The maximum atomic E-state index is 8.77. The molecule has 0 aliphatic heterocycles. The number of rotatable bonds is 0. The average Bonchev–Trinajstić information content (AvgIpc) is 2.69. The van der Waals surface area contributed by atoms with E-state index in [4.69, 9.17) is 10.5 Å². The molecule has 0 aromatic heterocycles. The van der Waals surface area contributed by atoms with E-state index in [0.29, 0.717) is 11.4 Å². The normalized spacial score (nSPS) is 17.0. The van der Waals surface area contributed by atoms with Crippen molar-refractivity contribution < 1.29 is 0 Å². The van der Waals surface area contributed by atoms with Crippen LogP contribution in [0.2, 0.25) is 0 Å². The Hall–Kier alpha value is -2.98. The lowest BCUT2D eigenvalue weighted by Crippen LogP contribution is -2.09. The minimum atomic E-state index is 0.478. The Morgan fingerprint density at radius 1 is 0.778 bits per heavy atom. The summed E-state index contributed by atoms with van der Waals surface area (Å²) in [4.78, 5) is 7.61. The summed E-state index contributed by atoms with van der Waals surface area (Å²) in [5.41, 5.74) is 2.68. The van der Waals surface area contributed by atoms with E-state index in [1.165, 1.54) is 0 Å². The number of hydrogen-bond donors (Lipinski definition) is 0. The molecule has 1 aliphatic carbocycles. The van der Waals surface area contributed by atoms with Gasteiger partial charge in [-0.05, 0) is 5.39 Å². The average molecular weight is 230 g/mol. The van der Waals surface area contributed by atoms with Gasteiger partial charge in [-0.25, -0.2) is 0 Å². The van der Waals surface area contributed by atoms with Gasteiger partial charge in [0.25, 0.3) is 0 Å². The van der Waals surface area contributed by atoms with Crippen molar-refractivity contribution in [2.75, 3.05) is 0 Å². The monoisotopic (exact) mass is 230 g/mol. The van der Waals surface area contributed by atoms with Crippen molar-refractivity contribution >= 4 is 22.2 Å². The molecule has 0 N–H and O–H groups in total. The molecule has 0 heterocycles. The van der Waals surface area contributed by atoms with Crippen LogP contribution in [0, 0.1) is 22.9 Å². The molecule has 0 bridgehead atoms. The minimum Gasteiger partial charge on any atom is -0.171 e. The van der Waals surface area contributed by atoms with Crippen LogP contribution < -0.4 is 0 Å². The Morgan fingerprint density at radius 2 is 1.28 bits per heavy atom. The van der Waals surface area contributed by atoms with Crippen molar-refractivity contribution in [3.8, 4) is 12.4 Å². The first-order valence-electron chi connectivity index (χ1n) is 5.33. The second kappa shape index (κ2) is 3.80. The first-order chi connectivity index (χ1) is 8.86. The third-order valence-electron chi connectivity index (χ3n) is 2.96. The van der Waals surface area contributed by atoms with Gasteiger partial charge in [-0.2, -0.15) is 20.5 Å². The summed E-state index contributed by atoms with van der Waals surface area (Å²) >= 11 is 0. The summed E-state index contributed by atoms with van der Waals surface area (Å²) in [6.07, 6.45) is 3.55. The molecule has 0 radical (unpaired) electrons. The zero-order valence-corrected chi connectivity index (χ0v) is 9.25. The zero-order chi connectivity index (χ0) is 12.5. The predicted octanol–water partition coefficient (Wildman–Crippen LogP) is 2.39. The smallest absolute Gasteiger partial charge is 0.171 e. The summed E-state index contributed by atoms with van der Waals surface area (Å²) in [7, 11) is 0. The molecular weight excluding hydrogens is 224 g/mol. The molecule has 0 atom stereocenters. The van der Waals surface area contributed by atoms with Crippen LogP contribution in [0.15, 0.2) is 46.4 Å².